The Morgan fingerprint density at radius 3 is 2.95 bits per heavy atom. The summed E-state index contributed by atoms with van der Waals surface area (Å²) in [6, 6.07) is 5.73. The van der Waals surface area contributed by atoms with Gasteiger partial charge in [0.2, 0.25) is 5.91 Å². The van der Waals surface area contributed by atoms with E-state index in [0.29, 0.717) is 23.8 Å². The van der Waals surface area contributed by atoms with Crippen LogP contribution in [0.1, 0.15) is 31.7 Å². The number of benzene rings is 1. The molecular weight excluding hydrogens is 252 g/mol. The Morgan fingerprint density at radius 2 is 2.30 bits per heavy atom. The summed E-state index contributed by atoms with van der Waals surface area (Å²) < 4.78 is 5.13. The topological polar surface area (TPSA) is 55.6 Å². The fraction of sp³-hybridized carbons (Fsp3) is 0.562. The number of ether oxygens (including phenoxy) is 1. The quantitative estimate of drug-likeness (QED) is 0.859. The second-order valence-electron chi connectivity index (χ2n) is 5.66. The van der Waals surface area contributed by atoms with Gasteiger partial charge in [0.1, 0.15) is 5.75 Å². The lowest BCUT2D eigenvalue weighted by molar-refractivity contribution is -0.132. The Morgan fingerprint density at radius 1 is 1.50 bits per heavy atom. The maximum absolute atomic E-state index is 12.2. The Labute approximate surface area is 120 Å². The van der Waals surface area contributed by atoms with Gasteiger partial charge in [0, 0.05) is 19.5 Å². The highest BCUT2D eigenvalue weighted by atomic mass is 16.5. The van der Waals surface area contributed by atoms with Crippen molar-refractivity contribution < 1.29 is 9.53 Å². The number of carbonyl (C=O) groups is 1. The lowest BCUT2D eigenvalue weighted by atomic mass is 9.99. The predicted octanol–water partition coefficient (Wildman–Crippen LogP) is 2.47. The van der Waals surface area contributed by atoms with E-state index in [2.05, 4.69) is 6.92 Å². The van der Waals surface area contributed by atoms with Crippen molar-refractivity contribution in [3.8, 4) is 5.75 Å². The van der Waals surface area contributed by atoms with Crippen LogP contribution in [0.15, 0.2) is 18.2 Å². The summed E-state index contributed by atoms with van der Waals surface area (Å²) in [6.45, 7) is 4.03. The van der Waals surface area contributed by atoms with E-state index in [1.54, 1.807) is 7.11 Å². The van der Waals surface area contributed by atoms with E-state index in [1.165, 1.54) is 6.42 Å². The Hall–Kier alpha value is -1.71. The van der Waals surface area contributed by atoms with Crippen LogP contribution in [0.5, 0.6) is 5.75 Å². The molecule has 1 aromatic carbocycles. The minimum atomic E-state index is 0.255. The maximum Gasteiger partial charge on any atom is 0.222 e. The molecule has 2 rings (SSSR count). The van der Waals surface area contributed by atoms with E-state index in [1.807, 2.05) is 23.1 Å². The van der Waals surface area contributed by atoms with Gasteiger partial charge in [-0.1, -0.05) is 13.0 Å². The molecule has 20 heavy (non-hydrogen) atoms. The van der Waals surface area contributed by atoms with Gasteiger partial charge in [-0.2, -0.15) is 0 Å². The molecule has 1 saturated heterocycles. The predicted molar refractivity (Wildman–Crippen MR) is 80.7 cm³/mol. The Kier molecular flexibility index (Phi) is 4.88. The van der Waals surface area contributed by atoms with Crippen LogP contribution in [0, 0.1) is 5.92 Å². The van der Waals surface area contributed by atoms with Gasteiger partial charge in [-0.15, -0.1) is 0 Å². The van der Waals surface area contributed by atoms with Gasteiger partial charge in [-0.3, -0.25) is 4.79 Å². The number of anilines is 1. The first-order valence-electron chi connectivity index (χ1n) is 7.30. The van der Waals surface area contributed by atoms with Crippen molar-refractivity contribution in [3.63, 3.8) is 0 Å². The molecular formula is C16H24N2O2. The first-order chi connectivity index (χ1) is 9.60. The first-order valence-corrected chi connectivity index (χ1v) is 7.30. The summed E-state index contributed by atoms with van der Waals surface area (Å²) in [5, 5.41) is 0. The van der Waals surface area contributed by atoms with Gasteiger partial charge in [0.15, 0.2) is 0 Å². The fourth-order valence-corrected chi connectivity index (χ4v) is 2.76. The monoisotopic (exact) mass is 276 g/mol. The molecule has 1 fully saturated rings. The zero-order valence-electron chi connectivity index (χ0n) is 12.4. The van der Waals surface area contributed by atoms with Crippen LogP contribution in [0.2, 0.25) is 0 Å². The van der Waals surface area contributed by atoms with Gasteiger partial charge >= 0.3 is 0 Å². The summed E-state index contributed by atoms with van der Waals surface area (Å²) in [6.07, 6.45) is 3.65. The molecule has 2 N–H and O–H groups in total. The van der Waals surface area contributed by atoms with Crippen molar-refractivity contribution in [2.24, 2.45) is 5.92 Å². The first kappa shape index (κ1) is 14.7. The normalized spacial score (nSPS) is 18.9. The fourth-order valence-electron chi connectivity index (χ4n) is 2.76. The van der Waals surface area contributed by atoms with Crippen LogP contribution in [0.4, 0.5) is 5.69 Å². The molecule has 1 unspecified atom stereocenters. The molecule has 0 radical (unpaired) electrons. The van der Waals surface area contributed by atoms with Crippen LogP contribution in [0.3, 0.4) is 0 Å². The maximum atomic E-state index is 12.2. The number of nitrogens with zero attached hydrogens (tertiary/aromatic N) is 1. The summed E-state index contributed by atoms with van der Waals surface area (Å²) >= 11 is 0. The van der Waals surface area contributed by atoms with Crippen LogP contribution in [-0.2, 0) is 11.2 Å². The molecule has 0 aromatic heterocycles. The van der Waals surface area contributed by atoms with Gasteiger partial charge in [0.25, 0.3) is 0 Å². The zero-order valence-corrected chi connectivity index (χ0v) is 12.4. The highest BCUT2D eigenvalue weighted by Crippen LogP contribution is 2.23. The number of rotatable bonds is 4. The minimum Gasteiger partial charge on any atom is -0.495 e. The molecule has 0 aliphatic carbocycles. The smallest absolute Gasteiger partial charge is 0.222 e. The van der Waals surface area contributed by atoms with Crippen LogP contribution < -0.4 is 10.5 Å². The lowest BCUT2D eigenvalue weighted by Gasteiger charge is -2.31. The van der Waals surface area contributed by atoms with E-state index in [-0.39, 0.29) is 5.91 Å². The molecule has 1 heterocycles. The number of hydrogen-bond acceptors (Lipinski definition) is 3. The molecule has 1 amide bonds. The number of carbonyl (C=O) groups excluding carboxylic acids is 1. The molecule has 110 valence electrons. The molecule has 0 bridgehead atoms. The number of aryl methyl sites for hydroxylation is 1. The van der Waals surface area contributed by atoms with Crippen LogP contribution >= 0.6 is 0 Å². The van der Waals surface area contributed by atoms with E-state index in [4.69, 9.17) is 10.5 Å². The summed E-state index contributed by atoms with van der Waals surface area (Å²) in [4.78, 5) is 14.2. The number of piperidine rings is 1. The van der Waals surface area contributed by atoms with Gasteiger partial charge in [-0.25, -0.2) is 0 Å². The summed E-state index contributed by atoms with van der Waals surface area (Å²) in [5.41, 5.74) is 7.59. The van der Waals surface area contributed by atoms with Gasteiger partial charge in [-0.05, 0) is 42.9 Å². The number of methoxy groups -OCH3 is 1. The number of nitrogens with two attached hydrogens (primary N) is 1. The average Bonchev–Trinajstić information content (AvgIpc) is 2.45. The number of hydrogen-bond donors (Lipinski definition) is 1. The van der Waals surface area contributed by atoms with Gasteiger partial charge < -0.3 is 15.4 Å². The highest BCUT2D eigenvalue weighted by Gasteiger charge is 2.20. The van der Waals surface area contributed by atoms with Crippen molar-refractivity contribution >= 4 is 11.6 Å². The highest BCUT2D eigenvalue weighted by molar-refractivity contribution is 5.76. The van der Waals surface area contributed by atoms with Crippen molar-refractivity contribution in [2.45, 2.75) is 32.6 Å². The lowest BCUT2D eigenvalue weighted by Crippen LogP contribution is -2.39. The molecule has 0 saturated carbocycles. The summed E-state index contributed by atoms with van der Waals surface area (Å²) in [5.74, 6) is 1.57. The second kappa shape index (κ2) is 6.64. The van der Waals surface area contributed by atoms with E-state index >= 15 is 0 Å². The third-order valence-electron chi connectivity index (χ3n) is 3.93. The second-order valence-corrected chi connectivity index (χ2v) is 5.66. The third-order valence-corrected chi connectivity index (χ3v) is 3.93. The van der Waals surface area contributed by atoms with Gasteiger partial charge in [0.05, 0.1) is 12.8 Å². The van der Waals surface area contributed by atoms with Crippen LogP contribution in [-0.4, -0.2) is 31.0 Å². The van der Waals surface area contributed by atoms with Crippen molar-refractivity contribution in [1.82, 2.24) is 4.90 Å². The Bertz CT molecular complexity index is 474. The minimum absolute atomic E-state index is 0.255. The standard InChI is InChI=1S/C16H24N2O2/c1-12-4-3-9-18(11-12)16(19)8-6-13-5-7-15(20-2)14(17)10-13/h5,7,10,12H,3-4,6,8-9,11,17H2,1-2H3. The zero-order chi connectivity index (χ0) is 14.5. The molecule has 4 nitrogen and oxygen atoms in total. The molecule has 1 aliphatic heterocycles. The molecule has 0 spiro atoms. The molecule has 1 aliphatic rings. The van der Waals surface area contributed by atoms with Crippen molar-refractivity contribution in [1.29, 1.82) is 0 Å². The summed E-state index contributed by atoms with van der Waals surface area (Å²) in [7, 11) is 1.60. The molecule has 1 aromatic rings. The van der Waals surface area contributed by atoms with Crippen molar-refractivity contribution in [2.75, 3.05) is 25.9 Å². The number of amides is 1. The SMILES string of the molecule is COc1ccc(CCC(=O)N2CCCC(C)C2)cc1N. The molecule has 4 heteroatoms. The number of likely N-dealkylation sites (tertiary alicyclic amines) is 1. The Balaban J connectivity index is 1.88. The largest absolute Gasteiger partial charge is 0.495 e. The van der Waals surface area contributed by atoms with E-state index in [0.717, 1.165) is 31.5 Å². The van der Waals surface area contributed by atoms with Crippen LogP contribution in [0.25, 0.3) is 0 Å². The average molecular weight is 276 g/mol. The van der Waals surface area contributed by atoms with Crippen molar-refractivity contribution in [3.05, 3.63) is 23.8 Å². The van der Waals surface area contributed by atoms with E-state index < -0.39 is 0 Å². The molecule has 1 atom stereocenters. The van der Waals surface area contributed by atoms with E-state index in [9.17, 15) is 4.79 Å². The number of nitrogen functional groups attached to an aromatic ring is 1. The third kappa shape index (κ3) is 3.65.